The molecule has 0 saturated carbocycles. The molecular weight excluding hydrogens is 434 g/mol. The number of rotatable bonds is 3. The van der Waals surface area contributed by atoms with Gasteiger partial charge in [0.25, 0.3) is 5.91 Å². The van der Waals surface area contributed by atoms with E-state index in [9.17, 15) is 14.7 Å². The highest BCUT2D eigenvalue weighted by atomic mass is 16.5. The molecule has 0 spiro atoms. The maximum absolute atomic E-state index is 13.6. The van der Waals surface area contributed by atoms with Crippen LogP contribution in [0.15, 0.2) is 42.6 Å². The van der Waals surface area contributed by atoms with Gasteiger partial charge in [0.05, 0.1) is 6.61 Å². The fourth-order valence-corrected chi connectivity index (χ4v) is 4.38. The molecule has 0 atom stereocenters. The van der Waals surface area contributed by atoms with Crippen LogP contribution in [-0.2, 0) is 4.79 Å². The maximum atomic E-state index is 13.6. The number of nitrogens with zero attached hydrogens (tertiary/aromatic N) is 3. The lowest BCUT2D eigenvalue weighted by Crippen LogP contribution is -2.46. The Bertz CT molecular complexity index is 974. The second kappa shape index (κ2) is 11.8. The number of ether oxygens (including phenoxy) is 2. The van der Waals surface area contributed by atoms with Crippen molar-refractivity contribution in [2.24, 2.45) is 5.92 Å². The molecule has 2 aliphatic rings. The minimum absolute atomic E-state index is 0.0245. The summed E-state index contributed by atoms with van der Waals surface area (Å²) in [5.74, 6) is 1.24. The SMILES string of the molecule is O=C(CN1CCCCCCOc2ccccc2Oc2ncccc2C1=O)N1CCC(CO)CC1. The Labute approximate surface area is 200 Å². The van der Waals surface area contributed by atoms with E-state index in [1.54, 1.807) is 34.2 Å². The first kappa shape index (κ1) is 24.0. The number of hydrogen-bond donors (Lipinski definition) is 1. The number of para-hydroxylation sites is 2. The fraction of sp³-hybridized carbons (Fsp3) is 0.500. The molecule has 0 radical (unpaired) electrons. The van der Waals surface area contributed by atoms with Gasteiger partial charge in [-0.25, -0.2) is 4.98 Å². The summed E-state index contributed by atoms with van der Waals surface area (Å²) < 4.78 is 12.0. The standard InChI is InChI=1S/C26H33N3O5/c30-19-20-11-15-28(16-12-20)24(31)18-29-14-5-1-2-6-17-33-22-9-3-4-10-23(22)34-25-21(26(29)32)8-7-13-27-25/h3-4,7-10,13,20,30H,1-2,5-6,11-12,14-19H2. The molecule has 1 saturated heterocycles. The first-order chi connectivity index (χ1) is 16.7. The number of carbonyl (C=O) groups excluding carboxylic acids is 2. The van der Waals surface area contributed by atoms with Crippen molar-refractivity contribution in [1.29, 1.82) is 0 Å². The van der Waals surface area contributed by atoms with Crippen molar-refractivity contribution >= 4 is 11.8 Å². The first-order valence-electron chi connectivity index (χ1n) is 12.2. The normalized spacial score (nSPS) is 18.2. The topological polar surface area (TPSA) is 92.2 Å². The molecule has 34 heavy (non-hydrogen) atoms. The Morgan fingerprint density at radius 3 is 2.56 bits per heavy atom. The van der Waals surface area contributed by atoms with E-state index in [1.807, 2.05) is 18.2 Å². The van der Waals surface area contributed by atoms with Crippen LogP contribution in [0.3, 0.4) is 0 Å². The van der Waals surface area contributed by atoms with Crippen molar-refractivity contribution < 1.29 is 24.2 Å². The number of fused-ring (bicyclic) bond motifs is 2. The van der Waals surface area contributed by atoms with E-state index in [2.05, 4.69) is 4.98 Å². The van der Waals surface area contributed by atoms with Crippen molar-refractivity contribution in [3.05, 3.63) is 48.2 Å². The monoisotopic (exact) mass is 467 g/mol. The number of amides is 2. The molecule has 1 N–H and O–H groups in total. The third kappa shape index (κ3) is 6.05. The number of piperidine rings is 1. The molecular formula is C26H33N3O5. The summed E-state index contributed by atoms with van der Waals surface area (Å²) in [7, 11) is 0. The molecule has 8 heteroatoms. The Hall–Kier alpha value is -3.13. The maximum Gasteiger partial charge on any atom is 0.259 e. The van der Waals surface area contributed by atoms with Crippen LogP contribution in [0.5, 0.6) is 17.4 Å². The van der Waals surface area contributed by atoms with Gasteiger partial charge in [0, 0.05) is 32.4 Å². The van der Waals surface area contributed by atoms with E-state index in [0.29, 0.717) is 43.3 Å². The van der Waals surface area contributed by atoms with Gasteiger partial charge in [-0.3, -0.25) is 9.59 Å². The van der Waals surface area contributed by atoms with Gasteiger partial charge in [0.2, 0.25) is 11.8 Å². The lowest BCUT2D eigenvalue weighted by molar-refractivity contribution is -0.133. The minimum atomic E-state index is -0.267. The zero-order chi connectivity index (χ0) is 23.8. The molecule has 0 bridgehead atoms. The van der Waals surface area contributed by atoms with Crippen LogP contribution < -0.4 is 9.47 Å². The molecule has 2 aliphatic heterocycles. The van der Waals surface area contributed by atoms with Crippen LogP contribution in [0.1, 0.15) is 48.9 Å². The Morgan fingerprint density at radius 2 is 1.76 bits per heavy atom. The van der Waals surface area contributed by atoms with E-state index >= 15 is 0 Å². The van der Waals surface area contributed by atoms with Crippen LogP contribution in [-0.4, -0.2) is 71.1 Å². The molecule has 1 aromatic heterocycles. The average molecular weight is 468 g/mol. The predicted octanol–water partition coefficient (Wildman–Crippen LogP) is 3.50. The lowest BCUT2D eigenvalue weighted by atomic mass is 9.98. The molecule has 2 aromatic rings. The smallest absolute Gasteiger partial charge is 0.259 e. The van der Waals surface area contributed by atoms with E-state index in [0.717, 1.165) is 38.5 Å². The minimum Gasteiger partial charge on any atom is -0.490 e. The van der Waals surface area contributed by atoms with Crippen molar-refractivity contribution in [2.45, 2.75) is 38.5 Å². The Morgan fingerprint density at radius 1 is 1.00 bits per heavy atom. The molecule has 2 amide bonds. The van der Waals surface area contributed by atoms with Gasteiger partial charge >= 0.3 is 0 Å². The van der Waals surface area contributed by atoms with Gasteiger partial charge in [-0.1, -0.05) is 25.0 Å². The quantitative estimate of drug-likeness (QED) is 0.743. The lowest BCUT2D eigenvalue weighted by Gasteiger charge is -2.33. The van der Waals surface area contributed by atoms with Crippen LogP contribution >= 0.6 is 0 Å². The summed E-state index contributed by atoms with van der Waals surface area (Å²) in [6.45, 7) is 2.49. The Balaban J connectivity index is 1.56. The first-order valence-corrected chi connectivity index (χ1v) is 12.2. The third-order valence-electron chi connectivity index (χ3n) is 6.48. The summed E-state index contributed by atoms with van der Waals surface area (Å²) in [4.78, 5) is 34.4. The summed E-state index contributed by atoms with van der Waals surface area (Å²) in [5.41, 5.74) is 0.321. The highest BCUT2D eigenvalue weighted by Crippen LogP contribution is 2.32. The predicted molar refractivity (Wildman–Crippen MR) is 127 cm³/mol. The zero-order valence-corrected chi connectivity index (χ0v) is 19.5. The number of aliphatic hydroxyl groups is 1. The Kier molecular flexibility index (Phi) is 8.36. The van der Waals surface area contributed by atoms with Crippen LogP contribution in [0.25, 0.3) is 0 Å². The molecule has 8 nitrogen and oxygen atoms in total. The molecule has 3 heterocycles. The van der Waals surface area contributed by atoms with Crippen LogP contribution in [0, 0.1) is 5.92 Å². The van der Waals surface area contributed by atoms with Crippen molar-refractivity contribution in [1.82, 2.24) is 14.8 Å². The second-order valence-corrected chi connectivity index (χ2v) is 8.90. The number of likely N-dealkylation sites (tertiary alicyclic amines) is 1. The van der Waals surface area contributed by atoms with Crippen molar-refractivity contribution in [3.63, 3.8) is 0 Å². The molecule has 182 valence electrons. The van der Waals surface area contributed by atoms with Crippen LogP contribution in [0.4, 0.5) is 0 Å². The van der Waals surface area contributed by atoms with E-state index in [-0.39, 0.29) is 36.8 Å². The van der Waals surface area contributed by atoms with E-state index in [4.69, 9.17) is 9.47 Å². The van der Waals surface area contributed by atoms with Crippen molar-refractivity contribution in [2.75, 3.05) is 39.4 Å². The summed E-state index contributed by atoms with van der Waals surface area (Å²) in [5, 5.41) is 9.37. The van der Waals surface area contributed by atoms with Gasteiger partial charge in [-0.15, -0.1) is 0 Å². The number of pyridine rings is 1. The highest BCUT2D eigenvalue weighted by molar-refractivity contribution is 5.98. The summed E-state index contributed by atoms with van der Waals surface area (Å²) >= 11 is 0. The number of benzene rings is 1. The number of aromatic nitrogens is 1. The average Bonchev–Trinajstić information content (AvgIpc) is 2.87. The largest absolute Gasteiger partial charge is 0.490 e. The zero-order valence-electron chi connectivity index (χ0n) is 19.5. The van der Waals surface area contributed by atoms with E-state index < -0.39 is 0 Å². The number of carbonyl (C=O) groups is 2. The molecule has 0 aliphatic carbocycles. The van der Waals surface area contributed by atoms with Gasteiger partial charge in [0.15, 0.2) is 11.5 Å². The third-order valence-corrected chi connectivity index (χ3v) is 6.48. The van der Waals surface area contributed by atoms with Gasteiger partial charge in [-0.2, -0.15) is 0 Å². The fourth-order valence-electron chi connectivity index (χ4n) is 4.38. The molecule has 0 unspecified atom stereocenters. The van der Waals surface area contributed by atoms with Crippen molar-refractivity contribution in [3.8, 4) is 17.4 Å². The van der Waals surface area contributed by atoms with Crippen LogP contribution in [0.2, 0.25) is 0 Å². The highest BCUT2D eigenvalue weighted by Gasteiger charge is 2.27. The molecule has 1 fully saturated rings. The summed E-state index contributed by atoms with van der Waals surface area (Å²) in [6, 6.07) is 10.8. The van der Waals surface area contributed by atoms with Gasteiger partial charge < -0.3 is 24.4 Å². The number of hydrogen-bond acceptors (Lipinski definition) is 6. The summed E-state index contributed by atoms with van der Waals surface area (Å²) in [6.07, 6.45) is 6.79. The molecule has 4 rings (SSSR count). The van der Waals surface area contributed by atoms with Gasteiger partial charge in [-0.05, 0) is 55.9 Å². The second-order valence-electron chi connectivity index (χ2n) is 8.90. The van der Waals surface area contributed by atoms with Gasteiger partial charge in [0.1, 0.15) is 12.1 Å². The number of aliphatic hydroxyl groups excluding tert-OH is 1. The molecule has 1 aromatic carbocycles. The van der Waals surface area contributed by atoms with E-state index in [1.165, 1.54) is 0 Å².